The number of aliphatic carboxylic acids is 1. The van der Waals surface area contributed by atoms with Crippen LogP contribution in [0.3, 0.4) is 0 Å². The molecule has 0 fully saturated rings. The van der Waals surface area contributed by atoms with E-state index in [1.54, 1.807) is 30.5 Å². The van der Waals surface area contributed by atoms with Gasteiger partial charge in [0.15, 0.2) is 0 Å². The van der Waals surface area contributed by atoms with E-state index in [-0.39, 0.29) is 6.04 Å². The molecule has 2 atom stereocenters. The van der Waals surface area contributed by atoms with Crippen LogP contribution in [0, 0.1) is 17.2 Å². The van der Waals surface area contributed by atoms with Gasteiger partial charge in [-0.2, -0.15) is 5.26 Å². The lowest BCUT2D eigenvalue weighted by Crippen LogP contribution is -2.19. The summed E-state index contributed by atoms with van der Waals surface area (Å²) < 4.78 is 0. The van der Waals surface area contributed by atoms with Crippen LogP contribution in [0.5, 0.6) is 0 Å². The zero-order valence-electron chi connectivity index (χ0n) is 9.00. The number of rotatable bonds is 3. The maximum atomic E-state index is 10.8. The minimum absolute atomic E-state index is 0.0851. The van der Waals surface area contributed by atoms with Crippen molar-refractivity contribution in [3.63, 3.8) is 0 Å². The highest BCUT2D eigenvalue weighted by Gasteiger charge is 2.24. The van der Waals surface area contributed by atoms with E-state index in [2.05, 4.69) is 10.3 Å². The molecule has 1 aliphatic rings. The molecule has 1 heterocycles. The smallest absolute Gasteiger partial charge is 0.310 e. The van der Waals surface area contributed by atoms with Crippen molar-refractivity contribution < 1.29 is 9.90 Å². The number of nitrogens with zero attached hydrogens (tertiary/aromatic N) is 2. The van der Waals surface area contributed by atoms with Gasteiger partial charge in [-0.15, -0.1) is 0 Å². The first-order valence-electron chi connectivity index (χ1n) is 5.23. The van der Waals surface area contributed by atoms with Crippen molar-refractivity contribution in [1.29, 1.82) is 5.26 Å². The number of carbonyl (C=O) groups is 1. The molecular formula is C12H11N3O2. The minimum Gasteiger partial charge on any atom is -0.481 e. The summed E-state index contributed by atoms with van der Waals surface area (Å²) in [6.45, 7) is 0. The molecular weight excluding hydrogens is 218 g/mol. The van der Waals surface area contributed by atoms with Crippen LogP contribution in [-0.4, -0.2) is 22.1 Å². The van der Waals surface area contributed by atoms with Crippen molar-refractivity contribution in [2.75, 3.05) is 5.32 Å². The van der Waals surface area contributed by atoms with Crippen molar-refractivity contribution >= 4 is 11.8 Å². The predicted molar refractivity (Wildman–Crippen MR) is 61.2 cm³/mol. The lowest BCUT2D eigenvalue weighted by molar-refractivity contribution is -0.140. The molecule has 86 valence electrons. The number of anilines is 1. The number of hydrogen-bond donors (Lipinski definition) is 2. The quantitative estimate of drug-likeness (QED) is 0.765. The summed E-state index contributed by atoms with van der Waals surface area (Å²) in [6, 6.07) is 5.31. The second-order valence-electron chi connectivity index (χ2n) is 3.83. The SMILES string of the molecule is N#Cc1cccnc1NC1C=CC(C(=O)O)C1. The van der Waals surface area contributed by atoms with Gasteiger partial charge < -0.3 is 10.4 Å². The molecule has 0 saturated heterocycles. The van der Waals surface area contributed by atoms with Gasteiger partial charge >= 0.3 is 5.97 Å². The van der Waals surface area contributed by atoms with Gasteiger partial charge in [-0.05, 0) is 18.6 Å². The summed E-state index contributed by atoms with van der Waals surface area (Å²) >= 11 is 0. The van der Waals surface area contributed by atoms with Gasteiger partial charge in [0.1, 0.15) is 11.9 Å². The molecule has 0 amide bonds. The van der Waals surface area contributed by atoms with Crippen molar-refractivity contribution in [2.24, 2.45) is 5.92 Å². The van der Waals surface area contributed by atoms with Gasteiger partial charge in [0.25, 0.3) is 0 Å². The molecule has 0 saturated carbocycles. The Hall–Kier alpha value is -2.35. The molecule has 5 nitrogen and oxygen atoms in total. The number of nitriles is 1. The fraction of sp³-hybridized carbons (Fsp3) is 0.250. The Labute approximate surface area is 98.4 Å². The van der Waals surface area contributed by atoms with E-state index in [4.69, 9.17) is 10.4 Å². The summed E-state index contributed by atoms with van der Waals surface area (Å²) in [6.07, 6.45) is 5.54. The van der Waals surface area contributed by atoms with E-state index >= 15 is 0 Å². The van der Waals surface area contributed by atoms with Gasteiger partial charge in [-0.3, -0.25) is 4.79 Å². The first-order valence-corrected chi connectivity index (χ1v) is 5.23. The third kappa shape index (κ3) is 2.42. The number of carboxylic acids is 1. The van der Waals surface area contributed by atoms with E-state index in [0.29, 0.717) is 17.8 Å². The van der Waals surface area contributed by atoms with Crippen molar-refractivity contribution in [1.82, 2.24) is 4.98 Å². The summed E-state index contributed by atoms with van der Waals surface area (Å²) in [5, 5.41) is 20.8. The van der Waals surface area contributed by atoms with Crippen LogP contribution >= 0.6 is 0 Å². The number of carboxylic acid groups (broad SMARTS) is 1. The fourth-order valence-corrected chi connectivity index (χ4v) is 1.78. The average Bonchev–Trinajstić information content (AvgIpc) is 2.78. The third-order valence-corrected chi connectivity index (χ3v) is 2.65. The molecule has 1 aliphatic carbocycles. The zero-order chi connectivity index (χ0) is 12.3. The maximum Gasteiger partial charge on any atom is 0.310 e. The van der Waals surface area contributed by atoms with Crippen LogP contribution in [0.2, 0.25) is 0 Å². The summed E-state index contributed by atoms with van der Waals surface area (Å²) in [4.78, 5) is 14.8. The van der Waals surface area contributed by atoms with Crippen molar-refractivity contribution in [3.05, 3.63) is 36.0 Å². The molecule has 5 heteroatoms. The molecule has 1 aromatic heterocycles. The standard InChI is InChI=1S/C12H11N3O2/c13-7-9-2-1-5-14-11(9)15-10-4-3-8(6-10)12(16)17/h1-5,8,10H,6H2,(H,14,15)(H,16,17). The largest absolute Gasteiger partial charge is 0.481 e. The van der Waals surface area contributed by atoms with Crippen LogP contribution in [-0.2, 0) is 4.79 Å². The Bertz CT molecular complexity index is 505. The highest BCUT2D eigenvalue weighted by atomic mass is 16.4. The number of aromatic nitrogens is 1. The second-order valence-corrected chi connectivity index (χ2v) is 3.83. The predicted octanol–water partition coefficient (Wildman–Crippen LogP) is 1.39. The van der Waals surface area contributed by atoms with Crippen LogP contribution in [0.15, 0.2) is 30.5 Å². The highest BCUT2D eigenvalue weighted by molar-refractivity contribution is 5.73. The average molecular weight is 229 g/mol. The van der Waals surface area contributed by atoms with Gasteiger partial charge in [0, 0.05) is 12.2 Å². The normalized spacial score (nSPS) is 22.1. The first-order chi connectivity index (χ1) is 8.20. The van der Waals surface area contributed by atoms with Crippen molar-refractivity contribution in [3.8, 4) is 6.07 Å². The van der Waals surface area contributed by atoms with Gasteiger partial charge in [-0.1, -0.05) is 12.2 Å². The lowest BCUT2D eigenvalue weighted by Gasteiger charge is -2.13. The second kappa shape index (κ2) is 4.66. The summed E-state index contributed by atoms with van der Waals surface area (Å²) in [7, 11) is 0. The van der Waals surface area contributed by atoms with Crippen molar-refractivity contribution in [2.45, 2.75) is 12.5 Å². The topological polar surface area (TPSA) is 86.0 Å². The van der Waals surface area contributed by atoms with Gasteiger partial charge in [0.2, 0.25) is 0 Å². The summed E-state index contributed by atoms with van der Waals surface area (Å²) in [5.74, 6) is -0.787. The van der Waals surface area contributed by atoms with Crippen LogP contribution in [0.4, 0.5) is 5.82 Å². The summed E-state index contributed by atoms with van der Waals surface area (Å²) in [5.41, 5.74) is 0.458. The molecule has 0 spiro atoms. The van der Waals surface area contributed by atoms with Gasteiger partial charge in [0.05, 0.1) is 11.5 Å². The Morgan fingerprint density at radius 2 is 2.41 bits per heavy atom. The Kier molecular flexibility index (Phi) is 3.06. The molecule has 0 aliphatic heterocycles. The molecule has 2 rings (SSSR count). The third-order valence-electron chi connectivity index (χ3n) is 2.65. The van der Waals surface area contributed by atoms with E-state index in [9.17, 15) is 4.79 Å². The first kappa shape index (κ1) is 11.1. The molecule has 2 N–H and O–H groups in total. The van der Waals surface area contributed by atoms with Crippen LogP contribution in [0.25, 0.3) is 0 Å². The Balaban J connectivity index is 2.06. The van der Waals surface area contributed by atoms with Crippen LogP contribution in [0.1, 0.15) is 12.0 Å². The van der Waals surface area contributed by atoms with E-state index < -0.39 is 11.9 Å². The minimum atomic E-state index is -0.827. The maximum absolute atomic E-state index is 10.8. The molecule has 0 bridgehead atoms. The van der Waals surface area contributed by atoms with Gasteiger partial charge in [-0.25, -0.2) is 4.98 Å². The van der Waals surface area contributed by atoms with E-state index in [0.717, 1.165) is 0 Å². The molecule has 1 aromatic rings. The molecule has 2 unspecified atom stereocenters. The number of nitrogens with one attached hydrogen (secondary N) is 1. The monoisotopic (exact) mass is 229 g/mol. The molecule has 0 aromatic carbocycles. The molecule has 17 heavy (non-hydrogen) atoms. The van der Waals surface area contributed by atoms with Crippen LogP contribution < -0.4 is 5.32 Å². The lowest BCUT2D eigenvalue weighted by atomic mass is 10.1. The number of hydrogen-bond acceptors (Lipinski definition) is 4. The van der Waals surface area contributed by atoms with E-state index in [1.165, 1.54) is 0 Å². The molecule has 0 radical (unpaired) electrons. The van der Waals surface area contributed by atoms with E-state index in [1.807, 2.05) is 6.07 Å². The highest BCUT2D eigenvalue weighted by Crippen LogP contribution is 2.22. The number of pyridine rings is 1. The zero-order valence-corrected chi connectivity index (χ0v) is 9.00. The fourth-order valence-electron chi connectivity index (χ4n) is 1.78. The Morgan fingerprint density at radius 1 is 1.59 bits per heavy atom. The Morgan fingerprint density at radius 3 is 3.06 bits per heavy atom.